The maximum Gasteiger partial charge on any atom is 0.230 e. The van der Waals surface area contributed by atoms with Gasteiger partial charge in [0.25, 0.3) is 0 Å². The molecule has 0 bridgehead atoms. The maximum atomic E-state index is 12.2. The van der Waals surface area contributed by atoms with Crippen LogP contribution in [-0.4, -0.2) is 39.6 Å². The Morgan fingerprint density at radius 3 is 2.52 bits per heavy atom. The Morgan fingerprint density at radius 1 is 1.07 bits per heavy atom. The van der Waals surface area contributed by atoms with Crippen LogP contribution < -0.4 is 10.1 Å². The van der Waals surface area contributed by atoms with Crippen LogP contribution in [0.5, 0.6) is 5.75 Å². The van der Waals surface area contributed by atoms with Gasteiger partial charge in [-0.25, -0.2) is 0 Å². The number of aromatic nitrogens is 3. The Morgan fingerprint density at radius 2 is 1.83 bits per heavy atom. The van der Waals surface area contributed by atoms with Crippen molar-refractivity contribution in [1.82, 2.24) is 20.1 Å². The highest BCUT2D eigenvalue weighted by molar-refractivity contribution is 7.99. The molecule has 29 heavy (non-hydrogen) atoms. The molecule has 0 unspecified atom stereocenters. The predicted octanol–water partition coefficient (Wildman–Crippen LogP) is 3.81. The number of ether oxygens (including phenoxy) is 1. The van der Waals surface area contributed by atoms with Crippen LogP contribution in [0.1, 0.15) is 19.4 Å². The summed E-state index contributed by atoms with van der Waals surface area (Å²) in [5.74, 6) is 1.94. The fourth-order valence-electron chi connectivity index (χ4n) is 2.93. The summed E-state index contributed by atoms with van der Waals surface area (Å²) in [5, 5.41) is 12.3. The molecule has 1 heterocycles. The number of thioether (sulfide) groups is 1. The smallest absolute Gasteiger partial charge is 0.230 e. The summed E-state index contributed by atoms with van der Waals surface area (Å²) in [4.78, 5) is 12.2. The minimum Gasteiger partial charge on any atom is -0.494 e. The van der Waals surface area contributed by atoms with Gasteiger partial charge in [-0.15, -0.1) is 10.2 Å². The molecule has 2 aromatic carbocycles. The van der Waals surface area contributed by atoms with Crippen LogP contribution in [0.3, 0.4) is 0 Å². The molecule has 6 nitrogen and oxygen atoms in total. The second kappa shape index (κ2) is 10.7. The van der Waals surface area contributed by atoms with E-state index in [0.29, 0.717) is 18.9 Å². The first kappa shape index (κ1) is 20.9. The molecule has 0 aliphatic rings. The van der Waals surface area contributed by atoms with E-state index in [1.165, 1.54) is 17.3 Å². The largest absolute Gasteiger partial charge is 0.494 e. The fraction of sp³-hybridized carbons (Fsp3) is 0.318. The van der Waals surface area contributed by atoms with Gasteiger partial charge in [-0.2, -0.15) is 0 Å². The molecule has 152 valence electrons. The third-order valence-electron chi connectivity index (χ3n) is 4.37. The first-order chi connectivity index (χ1) is 14.2. The van der Waals surface area contributed by atoms with Gasteiger partial charge in [0, 0.05) is 18.7 Å². The third kappa shape index (κ3) is 5.84. The topological polar surface area (TPSA) is 69.0 Å². The molecule has 0 saturated carbocycles. The van der Waals surface area contributed by atoms with E-state index in [-0.39, 0.29) is 5.91 Å². The standard InChI is InChI=1S/C22H26N4O2S/c1-3-26-21(18-10-12-19(13-11-18)28-4-2)24-25-22(26)29-16-20(27)23-15-14-17-8-6-5-7-9-17/h5-13H,3-4,14-16H2,1-2H3,(H,23,27). The van der Waals surface area contributed by atoms with Crippen LogP contribution in [0.4, 0.5) is 0 Å². The number of carbonyl (C=O) groups is 1. The number of benzene rings is 2. The van der Waals surface area contributed by atoms with Crippen molar-refractivity contribution < 1.29 is 9.53 Å². The van der Waals surface area contributed by atoms with Crippen molar-refractivity contribution in [3.63, 3.8) is 0 Å². The minimum absolute atomic E-state index is 0.000739. The summed E-state index contributed by atoms with van der Waals surface area (Å²) in [6, 6.07) is 17.9. The molecule has 0 radical (unpaired) electrons. The van der Waals surface area contributed by atoms with E-state index in [0.717, 1.165) is 35.3 Å². The summed E-state index contributed by atoms with van der Waals surface area (Å²) >= 11 is 1.41. The molecule has 1 amide bonds. The second-order valence-corrected chi connectivity index (χ2v) is 7.32. The van der Waals surface area contributed by atoms with E-state index in [1.54, 1.807) is 0 Å². The van der Waals surface area contributed by atoms with Crippen molar-refractivity contribution in [2.24, 2.45) is 0 Å². The molecule has 1 N–H and O–H groups in total. The molecule has 7 heteroatoms. The summed E-state index contributed by atoms with van der Waals surface area (Å²) < 4.78 is 7.52. The Hall–Kier alpha value is -2.80. The lowest BCUT2D eigenvalue weighted by Gasteiger charge is -2.09. The summed E-state index contributed by atoms with van der Waals surface area (Å²) in [6.45, 7) is 6.00. The molecule has 1 aromatic heterocycles. The van der Waals surface area contributed by atoms with Gasteiger partial charge in [0.1, 0.15) is 5.75 Å². The number of rotatable bonds is 10. The Balaban J connectivity index is 1.55. The lowest BCUT2D eigenvalue weighted by Crippen LogP contribution is -2.27. The van der Waals surface area contributed by atoms with Crippen LogP contribution in [0.2, 0.25) is 0 Å². The Kier molecular flexibility index (Phi) is 7.69. The van der Waals surface area contributed by atoms with Crippen LogP contribution in [0, 0.1) is 0 Å². The van der Waals surface area contributed by atoms with Crippen LogP contribution in [0.15, 0.2) is 59.8 Å². The van der Waals surface area contributed by atoms with Gasteiger partial charge in [0.15, 0.2) is 11.0 Å². The monoisotopic (exact) mass is 410 g/mol. The maximum absolute atomic E-state index is 12.2. The van der Waals surface area contributed by atoms with Gasteiger partial charge in [0.2, 0.25) is 5.91 Å². The number of hydrogen-bond acceptors (Lipinski definition) is 5. The zero-order valence-electron chi connectivity index (χ0n) is 16.8. The van der Waals surface area contributed by atoms with E-state index in [4.69, 9.17) is 4.74 Å². The van der Waals surface area contributed by atoms with Gasteiger partial charge < -0.3 is 14.6 Å². The van der Waals surface area contributed by atoms with Crippen molar-refractivity contribution in [3.8, 4) is 17.1 Å². The molecule has 0 aliphatic carbocycles. The highest BCUT2D eigenvalue weighted by atomic mass is 32.2. The molecule has 3 aromatic rings. The molecule has 0 atom stereocenters. The van der Waals surface area contributed by atoms with Crippen LogP contribution in [-0.2, 0) is 17.8 Å². The molecule has 0 saturated heterocycles. The van der Waals surface area contributed by atoms with Gasteiger partial charge in [-0.3, -0.25) is 4.79 Å². The first-order valence-electron chi connectivity index (χ1n) is 9.81. The zero-order valence-corrected chi connectivity index (χ0v) is 17.6. The lowest BCUT2D eigenvalue weighted by atomic mass is 10.1. The van der Waals surface area contributed by atoms with Gasteiger partial charge >= 0.3 is 0 Å². The predicted molar refractivity (Wildman–Crippen MR) is 116 cm³/mol. The average Bonchev–Trinajstić information content (AvgIpc) is 3.17. The van der Waals surface area contributed by atoms with Crippen molar-refractivity contribution >= 4 is 17.7 Å². The van der Waals surface area contributed by atoms with E-state index < -0.39 is 0 Å². The normalized spacial score (nSPS) is 10.7. The molecule has 3 rings (SSSR count). The van der Waals surface area contributed by atoms with Crippen LogP contribution >= 0.6 is 11.8 Å². The number of nitrogens with one attached hydrogen (secondary N) is 1. The Bertz CT molecular complexity index is 910. The molecule has 0 aliphatic heterocycles. The number of amides is 1. The Labute approximate surface area is 175 Å². The van der Waals surface area contributed by atoms with Gasteiger partial charge in [-0.05, 0) is 50.1 Å². The highest BCUT2D eigenvalue weighted by Gasteiger charge is 2.14. The first-order valence-corrected chi connectivity index (χ1v) is 10.8. The van der Waals surface area contributed by atoms with Crippen molar-refractivity contribution in [1.29, 1.82) is 0 Å². The van der Waals surface area contributed by atoms with Crippen molar-refractivity contribution in [2.75, 3.05) is 18.9 Å². The van der Waals surface area contributed by atoms with Gasteiger partial charge in [0.05, 0.1) is 12.4 Å². The molecule has 0 spiro atoms. The molecular formula is C22H26N4O2S. The summed E-state index contributed by atoms with van der Waals surface area (Å²) in [6.07, 6.45) is 0.824. The lowest BCUT2D eigenvalue weighted by molar-refractivity contribution is -0.118. The van der Waals surface area contributed by atoms with Crippen molar-refractivity contribution in [3.05, 3.63) is 60.2 Å². The minimum atomic E-state index is -0.000739. The number of nitrogens with zero attached hydrogens (tertiary/aromatic N) is 3. The SMILES string of the molecule is CCOc1ccc(-c2nnc(SCC(=O)NCCc3ccccc3)n2CC)cc1. The van der Waals surface area contributed by atoms with Crippen LogP contribution in [0.25, 0.3) is 11.4 Å². The average molecular weight is 411 g/mol. The van der Waals surface area contributed by atoms with E-state index in [2.05, 4.69) is 27.6 Å². The van der Waals surface area contributed by atoms with E-state index in [1.807, 2.05) is 60.9 Å². The third-order valence-corrected chi connectivity index (χ3v) is 5.33. The van der Waals surface area contributed by atoms with E-state index >= 15 is 0 Å². The summed E-state index contributed by atoms with van der Waals surface area (Å²) in [7, 11) is 0. The molecule has 0 fully saturated rings. The number of carbonyl (C=O) groups excluding carboxylic acids is 1. The summed E-state index contributed by atoms with van der Waals surface area (Å²) in [5.41, 5.74) is 2.19. The fourth-order valence-corrected chi connectivity index (χ4v) is 3.77. The highest BCUT2D eigenvalue weighted by Crippen LogP contribution is 2.25. The van der Waals surface area contributed by atoms with Gasteiger partial charge in [-0.1, -0.05) is 42.1 Å². The van der Waals surface area contributed by atoms with E-state index in [9.17, 15) is 4.79 Å². The zero-order chi connectivity index (χ0) is 20.5. The number of hydrogen-bond donors (Lipinski definition) is 1. The molecular weight excluding hydrogens is 384 g/mol. The quantitative estimate of drug-likeness (QED) is 0.515. The second-order valence-electron chi connectivity index (χ2n) is 6.38. The van der Waals surface area contributed by atoms with Crippen molar-refractivity contribution in [2.45, 2.75) is 32.0 Å².